The van der Waals surface area contributed by atoms with E-state index in [1.165, 1.54) is 16.8 Å². The van der Waals surface area contributed by atoms with Crippen molar-refractivity contribution in [3.8, 4) is 0 Å². The van der Waals surface area contributed by atoms with Crippen LogP contribution < -0.4 is 10.9 Å². The van der Waals surface area contributed by atoms with Gasteiger partial charge in [0, 0.05) is 4.90 Å². The Hall–Kier alpha value is -1.20. The van der Waals surface area contributed by atoms with E-state index in [4.69, 9.17) is 10.9 Å². The maximum absolute atomic E-state index is 10.7. The highest BCUT2D eigenvalue weighted by atomic mass is 32.2. The first-order valence-corrected chi connectivity index (χ1v) is 4.60. The Morgan fingerprint density at radius 1 is 1.54 bits per heavy atom. The van der Waals surface area contributed by atoms with Crippen molar-refractivity contribution in [2.45, 2.75) is 10.3 Å². The van der Waals surface area contributed by atoms with Crippen LogP contribution >= 0.6 is 11.8 Å². The molecule has 2 rings (SSSR count). The van der Waals surface area contributed by atoms with Crippen molar-refractivity contribution in [1.29, 1.82) is 0 Å². The summed E-state index contributed by atoms with van der Waals surface area (Å²) < 4.78 is 0. The number of benzene rings is 1. The summed E-state index contributed by atoms with van der Waals surface area (Å²) in [6.07, 6.45) is 0. The van der Waals surface area contributed by atoms with Crippen LogP contribution in [0.5, 0.6) is 0 Å². The van der Waals surface area contributed by atoms with Crippen molar-refractivity contribution >= 4 is 23.4 Å². The highest BCUT2D eigenvalue weighted by Crippen LogP contribution is 2.40. The summed E-state index contributed by atoms with van der Waals surface area (Å²) in [5, 5.41) is 9.40. The molecule has 4 nitrogen and oxygen atoms in total. The van der Waals surface area contributed by atoms with Crippen molar-refractivity contribution in [3.63, 3.8) is 0 Å². The third kappa shape index (κ3) is 1.26. The number of fused-ring (bicyclic) bond motifs is 1. The van der Waals surface area contributed by atoms with Gasteiger partial charge in [-0.25, -0.2) is 10.6 Å². The number of rotatable bonds is 1. The molecule has 0 saturated heterocycles. The average molecular weight is 196 g/mol. The fraction of sp³-hybridized carbons (Fsp3) is 0.125. The van der Waals surface area contributed by atoms with Crippen LogP contribution in [-0.2, 0) is 4.79 Å². The van der Waals surface area contributed by atoms with Gasteiger partial charge in [-0.2, -0.15) is 0 Å². The van der Waals surface area contributed by atoms with Gasteiger partial charge in [-0.15, -0.1) is 0 Å². The Labute approximate surface area is 79.3 Å². The number of thioether (sulfide) groups is 1. The molecule has 3 N–H and O–H groups in total. The van der Waals surface area contributed by atoms with Crippen molar-refractivity contribution in [3.05, 3.63) is 24.3 Å². The van der Waals surface area contributed by atoms with E-state index in [1.807, 2.05) is 24.3 Å². The molecule has 5 heteroatoms. The van der Waals surface area contributed by atoms with E-state index >= 15 is 0 Å². The molecule has 1 atom stereocenters. The van der Waals surface area contributed by atoms with Crippen LogP contribution in [0.4, 0.5) is 5.69 Å². The largest absolute Gasteiger partial charge is 0.479 e. The zero-order valence-electron chi connectivity index (χ0n) is 6.68. The van der Waals surface area contributed by atoms with Crippen molar-refractivity contribution < 1.29 is 9.90 Å². The number of nitrogens with zero attached hydrogens (tertiary/aromatic N) is 1. The van der Waals surface area contributed by atoms with Gasteiger partial charge in [0.2, 0.25) is 0 Å². The fourth-order valence-corrected chi connectivity index (χ4v) is 2.26. The normalized spacial score (nSPS) is 20.1. The Kier molecular flexibility index (Phi) is 1.90. The van der Waals surface area contributed by atoms with Gasteiger partial charge in [-0.3, -0.25) is 5.01 Å². The number of aliphatic carboxylic acids is 1. The summed E-state index contributed by atoms with van der Waals surface area (Å²) in [4.78, 5) is 11.7. The first-order valence-electron chi connectivity index (χ1n) is 3.72. The predicted molar refractivity (Wildman–Crippen MR) is 50.4 cm³/mol. The number of nitrogens with two attached hydrogens (primary N) is 1. The van der Waals surface area contributed by atoms with Crippen LogP contribution in [0, 0.1) is 0 Å². The molecule has 1 aliphatic heterocycles. The second-order valence-electron chi connectivity index (χ2n) is 2.68. The van der Waals surface area contributed by atoms with Gasteiger partial charge in [0.25, 0.3) is 0 Å². The Bertz CT molecular complexity index is 356. The highest BCUT2D eigenvalue weighted by molar-refractivity contribution is 8.01. The van der Waals surface area contributed by atoms with Crippen LogP contribution in [-0.4, -0.2) is 16.4 Å². The number of carboxylic acid groups (broad SMARTS) is 1. The lowest BCUT2D eigenvalue weighted by atomic mass is 10.3. The molecule has 1 aromatic rings. The Morgan fingerprint density at radius 2 is 2.23 bits per heavy atom. The van der Waals surface area contributed by atoms with Crippen LogP contribution in [0.25, 0.3) is 0 Å². The minimum Gasteiger partial charge on any atom is -0.479 e. The fourth-order valence-electron chi connectivity index (χ4n) is 1.24. The van der Waals surface area contributed by atoms with E-state index < -0.39 is 11.3 Å². The third-order valence-corrected chi connectivity index (χ3v) is 3.10. The summed E-state index contributed by atoms with van der Waals surface area (Å²) in [7, 11) is 0. The molecule has 0 fully saturated rings. The summed E-state index contributed by atoms with van der Waals surface area (Å²) in [5.41, 5.74) is 0.778. The number of hydrogen-bond acceptors (Lipinski definition) is 4. The lowest BCUT2D eigenvalue weighted by Gasteiger charge is -2.16. The lowest BCUT2D eigenvalue weighted by Crippen LogP contribution is -2.41. The average Bonchev–Trinajstić information content (AvgIpc) is 2.45. The maximum Gasteiger partial charge on any atom is 0.338 e. The number of hydrazine groups is 1. The number of anilines is 1. The maximum atomic E-state index is 10.7. The van der Waals surface area contributed by atoms with Crippen LogP contribution in [0.3, 0.4) is 0 Å². The summed E-state index contributed by atoms with van der Waals surface area (Å²) in [6.45, 7) is 0. The van der Waals surface area contributed by atoms with Crippen molar-refractivity contribution in [2.75, 3.05) is 5.01 Å². The molecule has 1 heterocycles. The molecular weight excluding hydrogens is 188 g/mol. The van der Waals surface area contributed by atoms with Gasteiger partial charge in [-0.05, 0) is 12.1 Å². The quantitative estimate of drug-likeness (QED) is 0.653. The van der Waals surface area contributed by atoms with Gasteiger partial charge < -0.3 is 5.11 Å². The molecular formula is C8H8N2O2S. The molecule has 0 aromatic heterocycles. The van der Waals surface area contributed by atoms with E-state index in [0.717, 1.165) is 10.6 Å². The van der Waals surface area contributed by atoms with Crippen LogP contribution in [0.1, 0.15) is 0 Å². The molecule has 1 unspecified atom stereocenters. The molecule has 1 aromatic carbocycles. The SMILES string of the molecule is NN1c2ccccc2SC1C(=O)O. The first-order chi connectivity index (χ1) is 6.20. The molecule has 68 valence electrons. The topological polar surface area (TPSA) is 66.6 Å². The number of carboxylic acids is 1. The Morgan fingerprint density at radius 3 is 2.85 bits per heavy atom. The predicted octanol–water partition coefficient (Wildman–Crippen LogP) is 0.883. The molecule has 0 spiro atoms. The summed E-state index contributed by atoms with van der Waals surface area (Å²) in [5.74, 6) is 4.71. The van der Waals surface area contributed by atoms with Gasteiger partial charge in [-0.1, -0.05) is 23.9 Å². The standard InChI is InChI=1S/C8H8N2O2S/c9-10-5-3-1-2-4-6(5)13-7(10)8(11)12/h1-4,7H,9H2,(H,11,12). The molecule has 0 radical (unpaired) electrons. The molecule has 0 bridgehead atoms. The van der Waals surface area contributed by atoms with Crippen molar-refractivity contribution in [1.82, 2.24) is 0 Å². The highest BCUT2D eigenvalue weighted by Gasteiger charge is 2.33. The zero-order valence-corrected chi connectivity index (χ0v) is 7.49. The molecule has 0 saturated carbocycles. The molecule has 0 amide bonds. The monoisotopic (exact) mass is 196 g/mol. The van der Waals surface area contributed by atoms with E-state index in [1.54, 1.807) is 0 Å². The van der Waals surface area contributed by atoms with Gasteiger partial charge >= 0.3 is 5.97 Å². The van der Waals surface area contributed by atoms with E-state index in [-0.39, 0.29) is 0 Å². The van der Waals surface area contributed by atoms with Crippen LogP contribution in [0.15, 0.2) is 29.2 Å². The minimum absolute atomic E-state index is 0.697. The molecule has 13 heavy (non-hydrogen) atoms. The second kappa shape index (κ2) is 2.93. The molecule has 1 aliphatic rings. The summed E-state index contributed by atoms with van der Waals surface area (Å²) >= 11 is 1.25. The summed E-state index contributed by atoms with van der Waals surface area (Å²) in [6, 6.07) is 7.38. The van der Waals surface area contributed by atoms with Crippen LogP contribution in [0.2, 0.25) is 0 Å². The third-order valence-electron chi connectivity index (χ3n) is 1.85. The first kappa shape index (κ1) is 8.40. The molecule has 0 aliphatic carbocycles. The van der Waals surface area contributed by atoms with Gasteiger partial charge in [0.1, 0.15) is 0 Å². The lowest BCUT2D eigenvalue weighted by molar-refractivity contribution is -0.136. The van der Waals surface area contributed by atoms with Gasteiger partial charge in [0.15, 0.2) is 5.37 Å². The van der Waals surface area contributed by atoms with E-state index in [9.17, 15) is 4.79 Å². The zero-order chi connectivity index (χ0) is 9.42. The smallest absolute Gasteiger partial charge is 0.338 e. The van der Waals surface area contributed by atoms with E-state index in [0.29, 0.717) is 0 Å². The second-order valence-corrected chi connectivity index (χ2v) is 3.81. The number of carbonyl (C=O) groups is 1. The van der Waals surface area contributed by atoms with Gasteiger partial charge in [0.05, 0.1) is 5.69 Å². The number of para-hydroxylation sites is 1. The van der Waals surface area contributed by atoms with E-state index in [2.05, 4.69) is 0 Å². The van der Waals surface area contributed by atoms with Crippen molar-refractivity contribution in [2.24, 2.45) is 5.84 Å². The minimum atomic E-state index is -0.913. The number of hydrogen-bond donors (Lipinski definition) is 2. The Balaban J connectivity index is 2.38.